The van der Waals surface area contributed by atoms with Gasteiger partial charge in [0.25, 0.3) is 0 Å². The summed E-state index contributed by atoms with van der Waals surface area (Å²) in [6, 6.07) is 5.93. The number of aromatic nitrogens is 1. The molecule has 0 aliphatic heterocycles. The molecule has 5 aliphatic carbocycles. The molecule has 7 rings (SSSR count). The Morgan fingerprint density at radius 3 is 2.30 bits per heavy atom. The van der Waals surface area contributed by atoms with Crippen molar-refractivity contribution in [1.29, 1.82) is 5.26 Å². The van der Waals surface area contributed by atoms with Crippen molar-refractivity contribution >= 4 is 62.9 Å². The summed E-state index contributed by atoms with van der Waals surface area (Å²) in [4.78, 5) is 99.3. The summed E-state index contributed by atoms with van der Waals surface area (Å²) in [5.74, 6) is 0.306. The van der Waals surface area contributed by atoms with Gasteiger partial charge >= 0.3 is 12.1 Å². The number of unbranched alkanes of at least 4 members (excludes halogenated alkanes) is 3. The van der Waals surface area contributed by atoms with Crippen molar-refractivity contribution in [3.63, 3.8) is 0 Å². The van der Waals surface area contributed by atoms with Crippen molar-refractivity contribution in [3.05, 3.63) is 45.5 Å². The quantitative estimate of drug-likeness (QED) is 0.0485. The number of aliphatic carboxylic acids is 1. The van der Waals surface area contributed by atoms with Gasteiger partial charge in [-0.2, -0.15) is 5.26 Å². The second-order valence-corrected chi connectivity index (χ2v) is 26.5. The first kappa shape index (κ1) is 62.1. The molecule has 0 radical (unpaired) electrons. The zero-order valence-electron chi connectivity index (χ0n) is 48.8. The third kappa shape index (κ3) is 13.9. The molecule has 5 aliphatic rings. The number of allylic oxidation sites excluding steroid dienone is 4. The molecule has 1 heterocycles. The number of rotatable bonds is 24. The van der Waals surface area contributed by atoms with E-state index in [0.717, 1.165) is 51.4 Å². The number of ketones is 2. The number of nitrogens with zero attached hydrogens (tertiary/aromatic N) is 4. The van der Waals surface area contributed by atoms with Gasteiger partial charge in [-0.3, -0.25) is 24.0 Å². The Balaban J connectivity index is 0.817. The summed E-state index contributed by atoms with van der Waals surface area (Å²) in [6.07, 6.45) is 10.6. The molecule has 1 aromatic heterocycles. The van der Waals surface area contributed by atoms with Crippen molar-refractivity contribution in [2.75, 3.05) is 33.2 Å². The molecule has 4 amide bonds. The average molecular weight is 1130 g/mol. The lowest BCUT2D eigenvalue weighted by Crippen LogP contribution is -2.58. The molecule has 4 fully saturated rings. The van der Waals surface area contributed by atoms with E-state index < -0.39 is 23.5 Å². The SMILES string of the molecule is CC1=C(C)C(=O)C(C(C)(C)CC(=O)N(C)CCN(CCCCCC(=O)NCCCCC(NC(=O)CC[C@@H](C)[C@H]2CC[C@H]3[C@@H]4[C@@H](O)C[C@@H]5C[C@H](O)CC[C@]5(C)[C@H]4CC[C@]23C)C(=O)O)C(=O)Oc2ccc3nc(C#N)sc3c2)=C(C)C1=O. The van der Waals surface area contributed by atoms with Crippen LogP contribution in [0, 0.1) is 63.1 Å². The summed E-state index contributed by atoms with van der Waals surface area (Å²) in [7, 11) is 1.62. The number of thiazole rings is 1. The minimum absolute atomic E-state index is 0.0422. The number of benzene rings is 1. The second-order valence-electron chi connectivity index (χ2n) is 25.5. The number of hydrogen-bond acceptors (Lipinski definition) is 13. The van der Waals surface area contributed by atoms with Gasteiger partial charge in [0.2, 0.25) is 17.7 Å². The number of nitriles is 1. The van der Waals surface area contributed by atoms with Crippen molar-refractivity contribution in [3.8, 4) is 11.8 Å². The van der Waals surface area contributed by atoms with Crippen LogP contribution in [-0.2, 0) is 28.8 Å². The highest BCUT2D eigenvalue weighted by Gasteiger charge is 2.63. The predicted octanol–water partition coefficient (Wildman–Crippen LogP) is 9.47. The van der Waals surface area contributed by atoms with Crippen LogP contribution in [0.4, 0.5) is 4.79 Å². The lowest BCUT2D eigenvalue weighted by atomic mass is 9.43. The van der Waals surface area contributed by atoms with Gasteiger partial charge in [-0.1, -0.05) is 41.0 Å². The van der Waals surface area contributed by atoms with E-state index in [2.05, 4.69) is 36.4 Å². The molecule has 438 valence electrons. The number of carbonyl (C=O) groups is 7. The molecular weight excluding hydrogens is 1040 g/mol. The molecule has 1 unspecified atom stereocenters. The fourth-order valence-electron chi connectivity index (χ4n) is 15.2. The monoisotopic (exact) mass is 1120 g/mol. The average Bonchev–Trinajstić information content (AvgIpc) is 4.12. The van der Waals surface area contributed by atoms with Crippen molar-refractivity contribution in [1.82, 2.24) is 25.4 Å². The minimum Gasteiger partial charge on any atom is -0.480 e. The number of ether oxygens (including phenoxy) is 1. The van der Waals surface area contributed by atoms with Crippen LogP contribution in [0.15, 0.2) is 40.5 Å². The van der Waals surface area contributed by atoms with Gasteiger partial charge in [0, 0.05) is 86.3 Å². The van der Waals surface area contributed by atoms with Crippen LogP contribution in [0.25, 0.3) is 10.2 Å². The topological polar surface area (TPSA) is 257 Å². The summed E-state index contributed by atoms with van der Waals surface area (Å²) in [5, 5.41) is 47.4. The van der Waals surface area contributed by atoms with E-state index in [1.165, 1.54) is 21.1 Å². The first-order valence-corrected chi connectivity index (χ1v) is 30.3. The molecule has 0 saturated heterocycles. The zero-order valence-corrected chi connectivity index (χ0v) is 49.6. The molecule has 4 saturated carbocycles. The summed E-state index contributed by atoms with van der Waals surface area (Å²) in [5.41, 5.74) is 1.37. The van der Waals surface area contributed by atoms with Crippen LogP contribution in [-0.4, -0.2) is 123 Å². The van der Waals surface area contributed by atoms with E-state index in [9.17, 15) is 54.1 Å². The summed E-state index contributed by atoms with van der Waals surface area (Å²) >= 11 is 1.18. The fourth-order valence-corrected chi connectivity index (χ4v) is 16.0. The minimum atomic E-state index is -1.09. The molecule has 0 bridgehead atoms. The van der Waals surface area contributed by atoms with Crippen molar-refractivity contribution < 1.29 is 53.6 Å². The van der Waals surface area contributed by atoms with Gasteiger partial charge in [0.1, 0.15) is 17.9 Å². The Morgan fingerprint density at radius 1 is 0.863 bits per heavy atom. The van der Waals surface area contributed by atoms with Crippen LogP contribution >= 0.6 is 11.3 Å². The number of aliphatic hydroxyl groups excluding tert-OH is 2. The first-order valence-electron chi connectivity index (χ1n) is 29.4. The van der Waals surface area contributed by atoms with Gasteiger partial charge in [-0.15, -0.1) is 11.3 Å². The maximum Gasteiger partial charge on any atom is 0.415 e. The first-order chi connectivity index (χ1) is 37.8. The smallest absolute Gasteiger partial charge is 0.415 e. The number of nitrogens with one attached hydrogen (secondary N) is 2. The lowest BCUT2D eigenvalue weighted by molar-refractivity contribution is -0.174. The van der Waals surface area contributed by atoms with Crippen LogP contribution < -0.4 is 15.4 Å². The van der Waals surface area contributed by atoms with E-state index in [1.54, 1.807) is 59.9 Å². The lowest BCUT2D eigenvalue weighted by Gasteiger charge is -2.62. The fraction of sp³-hybridized carbons (Fsp3) is 0.694. The number of hydrogen-bond donors (Lipinski definition) is 5. The molecular formula is C62H88N6O11S. The van der Waals surface area contributed by atoms with E-state index in [1.807, 2.05) is 6.07 Å². The Bertz CT molecular complexity index is 2780. The third-order valence-electron chi connectivity index (χ3n) is 20.0. The number of carboxylic acid groups (broad SMARTS) is 1. The molecule has 17 nitrogen and oxygen atoms in total. The number of Topliss-reactive ketones (excluding diaryl/α,β-unsaturated/α-hetero) is 2. The Labute approximate surface area is 476 Å². The number of aliphatic hydroxyl groups is 2. The van der Waals surface area contributed by atoms with E-state index in [0.29, 0.717) is 101 Å². The van der Waals surface area contributed by atoms with Gasteiger partial charge in [0.15, 0.2) is 16.6 Å². The van der Waals surface area contributed by atoms with Crippen LogP contribution in [0.3, 0.4) is 0 Å². The Hall–Kier alpha value is -5.51. The van der Waals surface area contributed by atoms with E-state index in [-0.39, 0.29) is 120 Å². The van der Waals surface area contributed by atoms with Gasteiger partial charge in [-0.25, -0.2) is 14.6 Å². The van der Waals surface area contributed by atoms with Gasteiger partial charge < -0.3 is 40.5 Å². The summed E-state index contributed by atoms with van der Waals surface area (Å²) in [6.45, 7) is 16.4. The van der Waals surface area contributed by atoms with Crippen LogP contribution in [0.2, 0.25) is 0 Å². The van der Waals surface area contributed by atoms with Gasteiger partial charge in [0.05, 0.1) is 22.4 Å². The highest BCUT2D eigenvalue weighted by Crippen LogP contribution is 2.68. The van der Waals surface area contributed by atoms with Gasteiger partial charge in [-0.05, 0) is 169 Å². The van der Waals surface area contributed by atoms with Crippen molar-refractivity contribution in [2.24, 2.45) is 51.8 Å². The molecule has 18 heteroatoms. The Morgan fingerprint density at radius 2 is 1.57 bits per heavy atom. The maximum absolute atomic E-state index is 13.7. The second kappa shape index (κ2) is 26.2. The van der Waals surface area contributed by atoms with Crippen LogP contribution in [0.1, 0.15) is 176 Å². The largest absolute Gasteiger partial charge is 0.480 e. The molecule has 80 heavy (non-hydrogen) atoms. The Kier molecular flexibility index (Phi) is 20.3. The normalized spacial score (nSPS) is 27.4. The molecule has 11 atom stereocenters. The van der Waals surface area contributed by atoms with Crippen molar-refractivity contribution in [2.45, 2.75) is 189 Å². The maximum atomic E-state index is 13.7. The number of amides is 4. The highest BCUT2D eigenvalue weighted by atomic mass is 32.1. The predicted molar refractivity (Wildman–Crippen MR) is 305 cm³/mol. The molecule has 2 aromatic rings. The standard InChI is InChI=1S/C62H88N6O11S/c1-36(43-19-20-44-54-45(24-26-62(43,44)8)61(7)25-23-41(69)31-40(61)32-48(54)70)17-22-51(72)65-47(58(76)77)15-12-13-27-64-50(71)16-11-10-14-28-68(59(78)79-42-18-21-46-49(33-42)80-52(35-63)66-46)30-29-67(9)53(73)34-60(5,6)55-39(4)56(74)37(2)38(3)57(55)75/h18,21,33,36,40-41,43-45,47-48,54,69-70H,10-17,19-20,22-32,34H2,1-9H3,(H,64,71)(H,65,72)(H,76,77)/t36-,40+,41-,43-,44+,45+,47?,48+,54+,61+,62-/m1/s1. The summed E-state index contributed by atoms with van der Waals surface area (Å²) < 4.78 is 6.48. The highest BCUT2D eigenvalue weighted by molar-refractivity contribution is 7.19. The number of carbonyl (C=O) groups excluding carboxylic acids is 6. The van der Waals surface area contributed by atoms with E-state index >= 15 is 0 Å². The van der Waals surface area contributed by atoms with E-state index in [4.69, 9.17) is 4.74 Å². The molecule has 0 spiro atoms. The third-order valence-corrected chi connectivity index (χ3v) is 20.9. The number of carboxylic acids is 1. The zero-order chi connectivity index (χ0) is 58.4. The number of fused-ring (bicyclic) bond motifs is 6. The molecule has 1 aromatic carbocycles. The number of likely N-dealkylation sites (N-methyl/N-ethyl adjacent to an activating group) is 1. The van der Waals surface area contributed by atoms with Crippen LogP contribution in [0.5, 0.6) is 5.75 Å². The molecule has 5 N–H and O–H groups in total.